The molecule has 4 nitrogen and oxygen atoms in total. The molecule has 0 aliphatic heterocycles. The zero-order valence-electron chi connectivity index (χ0n) is 10.9. The Morgan fingerprint density at radius 2 is 1.57 bits per heavy atom. The SMILES string of the molecule is O=C(CCl)Nc1cccc2c(O)c3ccccc3c(O)c12. The van der Waals surface area contributed by atoms with Crippen LogP contribution in [0.2, 0.25) is 0 Å². The third-order valence-electron chi connectivity index (χ3n) is 3.39. The number of phenols is 2. The predicted molar refractivity (Wildman–Crippen MR) is 84.1 cm³/mol. The molecule has 3 N–H and O–H groups in total. The van der Waals surface area contributed by atoms with Crippen molar-refractivity contribution in [2.75, 3.05) is 11.2 Å². The normalized spacial score (nSPS) is 10.9. The minimum Gasteiger partial charge on any atom is -0.507 e. The molecule has 0 atom stereocenters. The molecular weight excluding hydrogens is 290 g/mol. The van der Waals surface area contributed by atoms with Crippen molar-refractivity contribution in [1.29, 1.82) is 0 Å². The summed E-state index contributed by atoms with van der Waals surface area (Å²) in [7, 11) is 0. The fraction of sp³-hybridized carbons (Fsp3) is 0.0625. The minimum atomic E-state index is -0.379. The Bertz CT molecular complexity index is 861. The Morgan fingerprint density at radius 1 is 0.952 bits per heavy atom. The second-order valence-electron chi connectivity index (χ2n) is 4.65. The molecule has 0 aromatic heterocycles. The standard InChI is InChI=1S/C16H12ClNO3/c17-8-13(19)18-12-7-3-6-11-14(12)16(21)10-5-2-1-4-9(10)15(11)20/h1-7,20-21H,8H2,(H,18,19). The molecule has 0 bridgehead atoms. The molecule has 0 saturated carbocycles. The highest BCUT2D eigenvalue weighted by atomic mass is 35.5. The molecule has 21 heavy (non-hydrogen) atoms. The summed E-state index contributed by atoms with van der Waals surface area (Å²) in [6.07, 6.45) is 0. The monoisotopic (exact) mass is 301 g/mol. The van der Waals surface area contributed by atoms with Gasteiger partial charge in [-0.3, -0.25) is 4.79 Å². The summed E-state index contributed by atoms with van der Waals surface area (Å²) in [4.78, 5) is 11.5. The summed E-state index contributed by atoms with van der Waals surface area (Å²) >= 11 is 5.50. The van der Waals surface area contributed by atoms with Crippen molar-refractivity contribution in [2.45, 2.75) is 0 Å². The third-order valence-corrected chi connectivity index (χ3v) is 3.63. The molecule has 0 unspecified atom stereocenters. The van der Waals surface area contributed by atoms with Crippen LogP contribution in [0.25, 0.3) is 21.5 Å². The first-order valence-electron chi connectivity index (χ1n) is 6.34. The second kappa shape index (κ2) is 5.14. The maximum atomic E-state index is 11.5. The minimum absolute atomic E-state index is 0.0175. The summed E-state index contributed by atoms with van der Waals surface area (Å²) in [6.45, 7) is 0. The van der Waals surface area contributed by atoms with Gasteiger partial charge in [0.25, 0.3) is 0 Å². The number of benzene rings is 3. The van der Waals surface area contributed by atoms with Crippen LogP contribution in [-0.4, -0.2) is 22.0 Å². The second-order valence-corrected chi connectivity index (χ2v) is 4.92. The molecule has 0 aliphatic carbocycles. The number of phenolic OH excluding ortho intramolecular Hbond substituents is 2. The maximum absolute atomic E-state index is 11.5. The number of nitrogens with one attached hydrogen (secondary N) is 1. The topological polar surface area (TPSA) is 69.6 Å². The number of hydrogen-bond donors (Lipinski definition) is 3. The van der Waals surface area contributed by atoms with Crippen LogP contribution in [0.5, 0.6) is 11.5 Å². The zero-order valence-corrected chi connectivity index (χ0v) is 11.7. The van der Waals surface area contributed by atoms with E-state index in [1.807, 2.05) is 0 Å². The van der Waals surface area contributed by atoms with Gasteiger partial charge < -0.3 is 15.5 Å². The molecule has 0 heterocycles. The number of fused-ring (bicyclic) bond motifs is 2. The van der Waals surface area contributed by atoms with Crippen LogP contribution in [-0.2, 0) is 4.79 Å². The van der Waals surface area contributed by atoms with E-state index in [4.69, 9.17) is 11.6 Å². The fourth-order valence-corrected chi connectivity index (χ4v) is 2.54. The number of rotatable bonds is 2. The summed E-state index contributed by atoms with van der Waals surface area (Å²) < 4.78 is 0. The van der Waals surface area contributed by atoms with Crippen LogP contribution in [0.4, 0.5) is 5.69 Å². The highest BCUT2D eigenvalue weighted by molar-refractivity contribution is 6.29. The third kappa shape index (κ3) is 2.14. The van der Waals surface area contributed by atoms with Crippen LogP contribution >= 0.6 is 11.6 Å². The summed E-state index contributed by atoms with van der Waals surface area (Å²) in [6, 6.07) is 12.0. The van der Waals surface area contributed by atoms with Gasteiger partial charge in [0.2, 0.25) is 5.91 Å². The van der Waals surface area contributed by atoms with Gasteiger partial charge in [-0.2, -0.15) is 0 Å². The first-order valence-corrected chi connectivity index (χ1v) is 6.88. The average Bonchev–Trinajstić information content (AvgIpc) is 2.52. The van der Waals surface area contributed by atoms with Crippen molar-refractivity contribution in [3.63, 3.8) is 0 Å². The van der Waals surface area contributed by atoms with Gasteiger partial charge in [0, 0.05) is 16.2 Å². The lowest BCUT2D eigenvalue weighted by molar-refractivity contribution is -0.113. The number of carbonyl (C=O) groups excluding carboxylic acids is 1. The van der Waals surface area contributed by atoms with Gasteiger partial charge in [0.1, 0.15) is 17.4 Å². The molecule has 3 aromatic carbocycles. The Kier molecular flexibility index (Phi) is 3.31. The zero-order chi connectivity index (χ0) is 15.0. The molecule has 3 rings (SSSR count). The predicted octanol–water partition coefficient (Wildman–Crippen LogP) is 3.58. The number of amides is 1. The average molecular weight is 302 g/mol. The van der Waals surface area contributed by atoms with Crippen LogP contribution in [0.15, 0.2) is 42.5 Å². The van der Waals surface area contributed by atoms with Crippen molar-refractivity contribution < 1.29 is 15.0 Å². The number of aromatic hydroxyl groups is 2. The Hall–Kier alpha value is -2.46. The van der Waals surface area contributed by atoms with Crippen LogP contribution in [0, 0.1) is 0 Å². The van der Waals surface area contributed by atoms with Crippen molar-refractivity contribution in [3.8, 4) is 11.5 Å². The number of alkyl halides is 1. The molecular formula is C16H12ClNO3. The number of anilines is 1. The molecule has 0 radical (unpaired) electrons. The molecule has 3 aromatic rings. The lowest BCUT2D eigenvalue weighted by Crippen LogP contribution is -2.12. The van der Waals surface area contributed by atoms with E-state index in [2.05, 4.69) is 5.32 Å². The van der Waals surface area contributed by atoms with E-state index < -0.39 is 0 Å². The first-order chi connectivity index (χ1) is 10.1. The lowest BCUT2D eigenvalue weighted by atomic mass is 9.99. The van der Waals surface area contributed by atoms with E-state index >= 15 is 0 Å². The Labute approximate surface area is 125 Å². The van der Waals surface area contributed by atoms with Gasteiger partial charge in [-0.05, 0) is 6.07 Å². The molecule has 0 spiro atoms. The van der Waals surface area contributed by atoms with E-state index in [0.717, 1.165) is 0 Å². The van der Waals surface area contributed by atoms with Crippen molar-refractivity contribution >= 4 is 44.7 Å². The molecule has 1 amide bonds. The van der Waals surface area contributed by atoms with Crippen LogP contribution in [0.3, 0.4) is 0 Å². The van der Waals surface area contributed by atoms with E-state index in [0.29, 0.717) is 27.2 Å². The van der Waals surface area contributed by atoms with Crippen molar-refractivity contribution in [1.82, 2.24) is 0 Å². The first kappa shape index (κ1) is 13.5. The molecule has 0 fully saturated rings. The van der Waals surface area contributed by atoms with E-state index in [9.17, 15) is 15.0 Å². The van der Waals surface area contributed by atoms with E-state index in [1.54, 1.807) is 42.5 Å². The maximum Gasteiger partial charge on any atom is 0.239 e. The van der Waals surface area contributed by atoms with Crippen molar-refractivity contribution in [3.05, 3.63) is 42.5 Å². The van der Waals surface area contributed by atoms with Gasteiger partial charge in [0.05, 0.1) is 11.1 Å². The molecule has 0 saturated heterocycles. The highest BCUT2D eigenvalue weighted by Gasteiger charge is 2.16. The van der Waals surface area contributed by atoms with E-state index in [-0.39, 0.29) is 23.3 Å². The largest absolute Gasteiger partial charge is 0.507 e. The Morgan fingerprint density at radius 3 is 2.24 bits per heavy atom. The number of hydrogen-bond acceptors (Lipinski definition) is 3. The van der Waals surface area contributed by atoms with Crippen LogP contribution < -0.4 is 5.32 Å². The smallest absolute Gasteiger partial charge is 0.239 e. The molecule has 5 heteroatoms. The van der Waals surface area contributed by atoms with Gasteiger partial charge in [-0.15, -0.1) is 11.6 Å². The van der Waals surface area contributed by atoms with E-state index in [1.165, 1.54) is 0 Å². The lowest BCUT2D eigenvalue weighted by Gasteiger charge is -2.13. The van der Waals surface area contributed by atoms with Gasteiger partial charge in [-0.25, -0.2) is 0 Å². The van der Waals surface area contributed by atoms with Gasteiger partial charge in [0.15, 0.2) is 0 Å². The van der Waals surface area contributed by atoms with Gasteiger partial charge in [-0.1, -0.05) is 36.4 Å². The Balaban J connectivity index is 2.40. The summed E-state index contributed by atoms with van der Waals surface area (Å²) in [5, 5.41) is 25.5. The number of halogens is 1. The van der Waals surface area contributed by atoms with Crippen molar-refractivity contribution in [2.24, 2.45) is 0 Å². The molecule has 106 valence electrons. The highest BCUT2D eigenvalue weighted by Crippen LogP contribution is 2.44. The summed E-state index contributed by atoms with van der Waals surface area (Å²) in [5.74, 6) is -0.475. The molecule has 0 aliphatic rings. The van der Waals surface area contributed by atoms with Gasteiger partial charge >= 0.3 is 0 Å². The fourth-order valence-electron chi connectivity index (χ4n) is 2.47. The van der Waals surface area contributed by atoms with Crippen LogP contribution in [0.1, 0.15) is 0 Å². The quantitative estimate of drug-likeness (QED) is 0.385. The number of carbonyl (C=O) groups is 1. The summed E-state index contributed by atoms with van der Waals surface area (Å²) in [5.41, 5.74) is 0.414.